The fourth-order valence-corrected chi connectivity index (χ4v) is 1.63. The Morgan fingerprint density at radius 1 is 1.06 bits per heavy atom. The van der Waals surface area contributed by atoms with Crippen molar-refractivity contribution in [2.45, 2.75) is 0 Å². The SMILES string of the molecule is N#Cc1ncn2nc(-c3ccccn3)ccc12. The lowest BCUT2D eigenvalue weighted by atomic mass is 10.2. The van der Waals surface area contributed by atoms with E-state index in [4.69, 9.17) is 5.26 Å². The summed E-state index contributed by atoms with van der Waals surface area (Å²) in [6.45, 7) is 0. The van der Waals surface area contributed by atoms with Crippen LogP contribution in [0.25, 0.3) is 16.9 Å². The predicted molar refractivity (Wildman–Crippen MR) is 60.9 cm³/mol. The first-order valence-corrected chi connectivity index (χ1v) is 5.04. The summed E-state index contributed by atoms with van der Waals surface area (Å²) in [4.78, 5) is 8.19. The van der Waals surface area contributed by atoms with Crippen LogP contribution < -0.4 is 0 Å². The second-order valence-corrected chi connectivity index (χ2v) is 3.47. The predicted octanol–water partition coefficient (Wildman–Crippen LogP) is 1.66. The quantitative estimate of drug-likeness (QED) is 0.626. The van der Waals surface area contributed by atoms with Crippen LogP contribution in [0, 0.1) is 11.3 Å². The number of aromatic nitrogens is 4. The highest BCUT2D eigenvalue weighted by Crippen LogP contribution is 2.15. The molecule has 0 atom stereocenters. The number of imidazole rings is 1. The molecule has 0 aliphatic heterocycles. The molecule has 0 aromatic carbocycles. The summed E-state index contributed by atoms with van der Waals surface area (Å²) < 4.78 is 1.59. The Hall–Kier alpha value is -2.74. The van der Waals surface area contributed by atoms with Crippen molar-refractivity contribution in [2.24, 2.45) is 0 Å². The second-order valence-electron chi connectivity index (χ2n) is 3.47. The molecule has 0 aliphatic carbocycles. The zero-order valence-electron chi connectivity index (χ0n) is 8.78. The van der Waals surface area contributed by atoms with Crippen LogP contribution in [0.5, 0.6) is 0 Å². The fourth-order valence-electron chi connectivity index (χ4n) is 1.63. The van der Waals surface area contributed by atoms with Gasteiger partial charge in [0.1, 0.15) is 23.6 Å². The third-order valence-electron chi connectivity index (χ3n) is 2.43. The number of fused-ring (bicyclic) bond motifs is 1. The molecule has 3 rings (SSSR count). The van der Waals surface area contributed by atoms with E-state index in [1.165, 1.54) is 6.33 Å². The first-order chi connectivity index (χ1) is 8.38. The number of hydrogen-bond donors (Lipinski definition) is 0. The molecule has 0 unspecified atom stereocenters. The third-order valence-corrected chi connectivity index (χ3v) is 2.43. The van der Waals surface area contributed by atoms with E-state index in [0.717, 1.165) is 11.4 Å². The molecule has 5 heteroatoms. The molecule has 0 bridgehead atoms. The van der Waals surface area contributed by atoms with Crippen LogP contribution in [-0.4, -0.2) is 19.6 Å². The number of nitrogens with zero attached hydrogens (tertiary/aromatic N) is 5. The van der Waals surface area contributed by atoms with Gasteiger partial charge < -0.3 is 0 Å². The minimum Gasteiger partial charge on any atom is -0.255 e. The highest BCUT2D eigenvalue weighted by molar-refractivity contribution is 5.61. The molecule has 3 aromatic rings. The minimum atomic E-state index is 0.380. The van der Waals surface area contributed by atoms with Crippen LogP contribution in [0.2, 0.25) is 0 Å². The van der Waals surface area contributed by atoms with Crippen molar-refractivity contribution in [3.8, 4) is 17.5 Å². The third kappa shape index (κ3) is 1.52. The van der Waals surface area contributed by atoms with E-state index in [0.29, 0.717) is 11.2 Å². The number of hydrogen-bond acceptors (Lipinski definition) is 4. The summed E-state index contributed by atoms with van der Waals surface area (Å²) in [7, 11) is 0. The molecule has 17 heavy (non-hydrogen) atoms. The second kappa shape index (κ2) is 3.68. The zero-order valence-corrected chi connectivity index (χ0v) is 8.78. The monoisotopic (exact) mass is 221 g/mol. The van der Waals surface area contributed by atoms with E-state index in [-0.39, 0.29) is 0 Å². The van der Waals surface area contributed by atoms with Gasteiger partial charge in [0.2, 0.25) is 0 Å². The van der Waals surface area contributed by atoms with Crippen molar-refractivity contribution in [3.05, 3.63) is 48.5 Å². The summed E-state index contributed by atoms with van der Waals surface area (Å²) in [6, 6.07) is 11.3. The van der Waals surface area contributed by atoms with Crippen LogP contribution in [0.15, 0.2) is 42.9 Å². The molecular weight excluding hydrogens is 214 g/mol. The molecule has 0 radical (unpaired) electrons. The smallest absolute Gasteiger partial charge is 0.167 e. The Kier molecular flexibility index (Phi) is 2.06. The Labute approximate surface area is 97.0 Å². The lowest BCUT2D eigenvalue weighted by molar-refractivity contribution is 0.928. The summed E-state index contributed by atoms with van der Waals surface area (Å²) in [5.41, 5.74) is 2.62. The fraction of sp³-hybridized carbons (Fsp3) is 0. The molecule has 0 saturated carbocycles. The zero-order chi connectivity index (χ0) is 11.7. The topological polar surface area (TPSA) is 66.9 Å². The molecule has 0 saturated heterocycles. The molecule has 0 spiro atoms. The van der Waals surface area contributed by atoms with Gasteiger partial charge in [0.15, 0.2) is 5.69 Å². The van der Waals surface area contributed by atoms with Crippen LogP contribution in [-0.2, 0) is 0 Å². The number of nitriles is 1. The molecule has 0 aliphatic rings. The largest absolute Gasteiger partial charge is 0.255 e. The maximum Gasteiger partial charge on any atom is 0.167 e. The summed E-state index contributed by atoms with van der Waals surface area (Å²) >= 11 is 0. The Morgan fingerprint density at radius 3 is 2.76 bits per heavy atom. The van der Waals surface area contributed by atoms with Gasteiger partial charge in [-0.3, -0.25) is 4.98 Å². The van der Waals surface area contributed by atoms with Gasteiger partial charge in [0, 0.05) is 6.20 Å². The first kappa shape index (κ1) is 9.48. The van der Waals surface area contributed by atoms with E-state index in [1.54, 1.807) is 10.7 Å². The van der Waals surface area contributed by atoms with Gasteiger partial charge in [-0.25, -0.2) is 9.50 Å². The Morgan fingerprint density at radius 2 is 2.00 bits per heavy atom. The van der Waals surface area contributed by atoms with Gasteiger partial charge in [-0.15, -0.1) is 0 Å². The van der Waals surface area contributed by atoms with Gasteiger partial charge in [-0.1, -0.05) is 6.07 Å². The average molecular weight is 221 g/mol. The van der Waals surface area contributed by atoms with Crippen LogP contribution in [0.3, 0.4) is 0 Å². The van der Waals surface area contributed by atoms with Crippen molar-refractivity contribution >= 4 is 5.52 Å². The maximum atomic E-state index is 8.84. The van der Waals surface area contributed by atoms with Gasteiger partial charge >= 0.3 is 0 Å². The van der Waals surface area contributed by atoms with Crippen molar-refractivity contribution in [1.82, 2.24) is 19.6 Å². The van der Waals surface area contributed by atoms with E-state index in [2.05, 4.69) is 15.1 Å². The molecule has 3 heterocycles. The molecule has 5 nitrogen and oxygen atoms in total. The highest BCUT2D eigenvalue weighted by Gasteiger charge is 2.06. The molecular formula is C12H7N5. The van der Waals surface area contributed by atoms with Crippen molar-refractivity contribution in [1.29, 1.82) is 5.26 Å². The van der Waals surface area contributed by atoms with Gasteiger partial charge in [0.05, 0.1) is 5.69 Å². The van der Waals surface area contributed by atoms with Crippen molar-refractivity contribution < 1.29 is 0 Å². The van der Waals surface area contributed by atoms with E-state index in [1.807, 2.05) is 36.4 Å². The standard InChI is InChI=1S/C12H7N5/c13-7-11-12-5-4-10(16-17(12)8-15-11)9-3-1-2-6-14-9/h1-6,8H. The van der Waals surface area contributed by atoms with Crippen molar-refractivity contribution in [2.75, 3.05) is 0 Å². The lowest BCUT2D eigenvalue weighted by Crippen LogP contribution is -1.94. The van der Waals surface area contributed by atoms with E-state index >= 15 is 0 Å². The van der Waals surface area contributed by atoms with Crippen LogP contribution in [0.1, 0.15) is 5.69 Å². The van der Waals surface area contributed by atoms with Crippen LogP contribution in [0.4, 0.5) is 0 Å². The van der Waals surface area contributed by atoms with Gasteiger partial charge in [-0.2, -0.15) is 10.4 Å². The Balaban J connectivity index is 2.19. The van der Waals surface area contributed by atoms with E-state index in [9.17, 15) is 0 Å². The molecule has 0 N–H and O–H groups in total. The normalized spacial score (nSPS) is 10.3. The highest BCUT2D eigenvalue weighted by atomic mass is 15.2. The first-order valence-electron chi connectivity index (χ1n) is 5.04. The average Bonchev–Trinajstić information content (AvgIpc) is 2.81. The van der Waals surface area contributed by atoms with Gasteiger partial charge in [0.25, 0.3) is 0 Å². The van der Waals surface area contributed by atoms with Crippen molar-refractivity contribution in [3.63, 3.8) is 0 Å². The molecule has 3 aromatic heterocycles. The van der Waals surface area contributed by atoms with Gasteiger partial charge in [-0.05, 0) is 24.3 Å². The Bertz CT molecular complexity index is 709. The summed E-state index contributed by atoms with van der Waals surface area (Å²) in [5, 5.41) is 13.2. The summed E-state index contributed by atoms with van der Waals surface area (Å²) in [5.74, 6) is 0. The van der Waals surface area contributed by atoms with E-state index < -0.39 is 0 Å². The summed E-state index contributed by atoms with van der Waals surface area (Å²) in [6.07, 6.45) is 3.25. The molecule has 0 amide bonds. The lowest BCUT2D eigenvalue weighted by Gasteiger charge is -1.99. The molecule has 80 valence electrons. The maximum absolute atomic E-state index is 8.84. The molecule has 0 fully saturated rings. The van der Waals surface area contributed by atoms with Crippen LogP contribution >= 0.6 is 0 Å². The number of pyridine rings is 1. The number of rotatable bonds is 1. The minimum absolute atomic E-state index is 0.380.